The lowest BCUT2D eigenvalue weighted by Gasteiger charge is -2.16. The van der Waals surface area contributed by atoms with E-state index in [1.165, 1.54) is 0 Å². The van der Waals surface area contributed by atoms with Gasteiger partial charge in [-0.3, -0.25) is 4.98 Å². The van der Waals surface area contributed by atoms with Gasteiger partial charge >= 0.3 is 0 Å². The molecule has 0 bridgehead atoms. The highest BCUT2D eigenvalue weighted by Gasteiger charge is 2.20. The van der Waals surface area contributed by atoms with E-state index in [1.807, 2.05) is 6.07 Å². The van der Waals surface area contributed by atoms with Gasteiger partial charge in [0.05, 0.1) is 23.9 Å². The molecular weight excluding hydrogens is 216 g/mol. The molecule has 3 N–H and O–H groups in total. The molecule has 2 rings (SSSR count). The summed E-state index contributed by atoms with van der Waals surface area (Å²) in [6.45, 7) is 4.62. The molecule has 2 aromatic rings. The van der Waals surface area contributed by atoms with E-state index < -0.39 is 12.1 Å². The van der Waals surface area contributed by atoms with Gasteiger partial charge in [-0.25, -0.2) is 4.98 Å². The van der Waals surface area contributed by atoms with Crippen LogP contribution in [-0.4, -0.2) is 25.7 Å². The van der Waals surface area contributed by atoms with Gasteiger partial charge in [0.25, 0.3) is 0 Å². The third-order valence-corrected chi connectivity index (χ3v) is 2.85. The Hall–Kier alpha value is -1.46. The van der Waals surface area contributed by atoms with Crippen LogP contribution in [0, 0.1) is 0 Å². The zero-order chi connectivity index (χ0) is 12.4. The minimum absolute atomic E-state index is 0.464. The molecule has 0 saturated carbocycles. The molecule has 5 heteroatoms. The van der Waals surface area contributed by atoms with Gasteiger partial charge in [0.15, 0.2) is 0 Å². The number of hydrogen-bond donors (Lipinski definition) is 2. The first-order valence-electron chi connectivity index (χ1n) is 5.89. The fourth-order valence-corrected chi connectivity index (χ4v) is 1.93. The van der Waals surface area contributed by atoms with Gasteiger partial charge in [-0.05, 0) is 19.4 Å². The largest absolute Gasteiger partial charge is 0.391 e. The molecule has 0 fully saturated rings. The van der Waals surface area contributed by atoms with Crippen LogP contribution in [0.4, 0.5) is 0 Å². The molecule has 0 aliphatic carbocycles. The summed E-state index contributed by atoms with van der Waals surface area (Å²) < 4.78 is 2.06. The van der Waals surface area contributed by atoms with E-state index in [0.717, 1.165) is 29.8 Å². The number of nitrogens with two attached hydrogens (primary N) is 1. The summed E-state index contributed by atoms with van der Waals surface area (Å²) in [6.07, 6.45) is 3.84. The van der Waals surface area contributed by atoms with E-state index in [-0.39, 0.29) is 0 Å². The zero-order valence-electron chi connectivity index (χ0n) is 10.2. The SMILES string of the molecule is CCCn1c(C(N)C(C)O)nc2cnccc21. The fraction of sp³-hybridized carbons (Fsp3) is 0.500. The molecule has 0 amide bonds. The first-order valence-corrected chi connectivity index (χ1v) is 5.89. The van der Waals surface area contributed by atoms with Gasteiger partial charge in [0.2, 0.25) is 0 Å². The Labute approximate surface area is 100 Å². The van der Waals surface area contributed by atoms with Crippen molar-refractivity contribution in [2.45, 2.75) is 39.0 Å². The van der Waals surface area contributed by atoms with Crippen LogP contribution in [0.1, 0.15) is 32.1 Å². The Balaban J connectivity index is 2.57. The van der Waals surface area contributed by atoms with Crippen molar-refractivity contribution in [3.8, 4) is 0 Å². The Bertz CT molecular complexity index is 506. The number of aromatic nitrogens is 3. The second-order valence-corrected chi connectivity index (χ2v) is 4.25. The van der Waals surface area contributed by atoms with E-state index in [1.54, 1.807) is 19.3 Å². The molecule has 2 heterocycles. The Morgan fingerprint density at radius 2 is 2.29 bits per heavy atom. The van der Waals surface area contributed by atoms with E-state index in [2.05, 4.69) is 21.5 Å². The number of aliphatic hydroxyl groups is 1. The molecule has 0 saturated heterocycles. The lowest BCUT2D eigenvalue weighted by molar-refractivity contribution is 0.159. The summed E-state index contributed by atoms with van der Waals surface area (Å²) in [6, 6.07) is 1.46. The van der Waals surface area contributed by atoms with Crippen LogP contribution in [0.5, 0.6) is 0 Å². The molecule has 0 aliphatic heterocycles. The molecule has 0 aliphatic rings. The van der Waals surface area contributed by atoms with Crippen LogP contribution in [0.25, 0.3) is 11.0 Å². The number of fused-ring (bicyclic) bond motifs is 1. The van der Waals surface area contributed by atoms with Crippen molar-refractivity contribution in [1.29, 1.82) is 0 Å². The molecule has 2 aromatic heterocycles. The number of pyridine rings is 1. The third kappa shape index (κ3) is 2.16. The van der Waals surface area contributed by atoms with Crippen LogP contribution in [-0.2, 0) is 6.54 Å². The molecule has 17 heavy (non-hydrogen) atoms. The molecule has 0 spiro atoms. The van der Waals surface area contributed by atoms with Gasteiger partial charge < -0.3 is 15.4 Å². The lowest BCUT2D eigenvalue weighted by atomic mass is 10.2. The maximum Gasteiger partial charge on any atom is 0.129 e. The van der Waals surface area contributed by atoms with Crippen molar-refractivity contribution < 1.29 is 5.11 Å². The Kier molecular flexibility index (Phi) is 3.40. The monoisotopic (exact) mass is 234 g/mol. The number of aliphatic hydroxyl groups excluding tert-OH is 1. The first-order chi connectivity index (χ1) is 8.15. The average Bonchev–Trinajstić information content (AvgIpc) is 2.68. The molecule has 2 unspecified atom stereocenters. The predicted molar refractivity (Wildman–Crippen MR) is 66.4 cm³/mol. The summed E-state index contributed by atoms with van der Waals surface area (Å²) in [5.41, 5.74) is 7.83. The Morgan fingerprint density at radius 1 is 1.53 bits per heavy atom. The van der Waals surface area contributed by atoms with E-state index in [4.69, 9.17) is 5.73 Å². The van der Waals surface area contributed by atoms with Crippen LogP contribution >= 0.6 is 0 Å². The average molecular weight is 234 g/mol. The van der Waals surface area contributed by atoms with Crippen molar-refractivity contribution in [1.82, 2.24) is 14.5 Å². The molecule has 2 atom stereocenters. The number of imidazole rings is 1. The minimum Gasteiger partial charge on any atom is -0.391 e. The quantitative estimate of drug-likeness (QED) is 0.834. The predicted octanol–water partition coefficient (Wildman–Crippen LogP) is 1.22. The summed E-state index contributed by atoms with van der Waals surface area (Å²) in [4.78, 5) is 8.52. The van der Waals surface area contributed by atoms with Crippen LogP contribution in [0.2, 0.25) is 0 Å². The highest BCUT2D eigenvalue weighted by Crippen LogP contribution is 2.21. The van der Waals surface area contributed by atoms with Crippen molar-refractivity contribution in [2.75, 3.05) is 0 Å². The highest BCUT2D eigenvalue weighted by atomic mass is 16.3. The molecule has 0 radical (unpaired) electrons. The third-order valence-electron chi connectivity index (χ3n) is 2.85. The minimum atomic E-state index is -0.615. The van der Waals surface area contributed by atoms with Gasteiger partial charge in [-0.1, -0.05) is 6.92 Å². The molecule has 5 nitrogen and oxygen atoms in total. The van der Waals surface area contributed by atoms with E-state index in [9.17, 15) is 5.11 Å². The van der Waals surface area contributed by atoms with Crippen LogP contribution < -0.4 is 5.73 Å². The number of nitrogens with zero attached hydrogens (tertiary/aromatic N) is 3. The summed E-state index contributed by atoms with van der Waals surface area (Å²) in [5.74, 6) is 0.727. The van der Waals surface area contributed by atoms with E-state index >= 15 is 0 Å². The second kappa shape index (κ2) is 4.81. The molecule has 0 aromatic carbocycles. The van der Waals surface area contributed by atoms with Crippen molar-refractivity contribution in [3.63, 3.8) is 0 Å². The maximum atomic E-state index is 9.60. The van der Waals surface area contributed by atoms with Crippen molar-refractivity contribution in [2.24, 2.45) is 5.73 Å². The van der Waals surface area contributed by atoms with Crippen molar-refractivity contribution in [3.05, 3.63) is 24.3 Å². The Morgan fingerprint density at radius 3 is 2.94 bits per heavy atom. The standard InChI is InChI=1S/C12H18N4O/c1-3-6-16-10-4-5-14-7-9(10)15-12(16)11(13)8(2)17/h4-5,7-8,11,17H,3,6,13H2,1-2H3. The normalized spacial score (nSPS) is 15.1. The first kappa shape index (κ1) is 12.0. The smallest absolute Gasteiger partial charge is 0.129 e. The van der Waals surface area contributed by atoms with E-state index in [0.29, 0.717) is 0 Å². The van der Waals surface area contributed by atoms with Gasteiger partial charge in [-0.2, -0.15) is 0 Å². The zero-order valence-corrected chi connectivity index (χ0v) is 10.2. The summed E-state index contributed by atoms with van der Waals surface area (Å²) >= 11 is 0. The van der Waals surface area contributed by atoms with Crippen LogP contribution in [0.15, 0.2) is 18.5 Å². The number of aryl methyl sites for hydroxylation is 1. The lowest BCUT2D eigenvalue weighted by Crippen LogP contribution is -2.26. The summed E-state index contributed by atoms with van der Waals surface area (Å²) in [7, 11) is 0. The second-order valence-electron chi connectivity index (χ2n) is 4.25. The topological polar surface area (TPSA) is 77.0 Å². The molecule has 92 valence electrons. The van der Waals surface area contributed by atoms with Gasteiger partial charge in [0, 0.05) is 12.7 Å². The highest BCUT2D eigenvalue weighted by molar-refractivity contribution is 5.74. The van der Waals surface area contributed by atoms with Crippen LogP contribution in [0.3, 0.4) is 0 Å². The fourth-order valence-electron chi connectivity index (χ4n) is 1.93. The maximum absolute atomic E-state index is 9.60. The number of rotatable bonds is 4. The number of hydrogen-bond acceptors (Lipinski definition) is 4. The van der Waals surface area contributed by atoms with Crippen molar-refractivity contribution >= 4 is 11.0 Å². The molecular formula is C12H18N4O. The summed E-state index contributed by atoms with van der Waals surface area (Å²) in [5, 5.41) is 9.60. The van der Waals surface area contributed by atoms with Gasteiger partial charge in [-0.15, -0.1) is 0 Å². The van der Waals surface area contributed by atoms with Gasteiger partial charge in [0.1, 0.15) is 11.3 Å².